The minimum atomic E-state index is -0.176. The van der Waals surface area contributed by atoms with E-state index in [1.807, 2.05) is 12.1 Å². The smallest absolute Gasteiger partial charge is 0.119 e. The topological polar surface area (TPSA) is 29.5 Å². The fourth-order valence-electron chi connectivity index (χ4n) is 2.67. The number of rotatable bonds is 5. The maximum atomic E-state index is 10.1. The van der Waals surface area contributed by atoms with Crippen molar-refractivity contribution in [3.05, 3.63) is 29.8 Å². The summed E-state index contributed by atoms with van der Waals surface area (Å²) in [5.41, 5.74) is 1.23. The maximum Gasteiger partial charge on any atom is 0.119 e. The standard InChI is InChI=1S/C16H24O2/c1-2-3-11-18-14-8-6-7-13(12-14)15-9-4-5-10-16(15)17/h6-8,12,15-17H,2-5,9-11H2,1H3/t15-,16+/m0/s1. The normalized spacial score (nSPS) is 23.9. The van der Waals surface area contributed by atoms with E-state index < -0.39 is 0 Å². The summed E-state index contributed by atoms with van der Waals surface area (Å²) >= 11 is 0. The first-order valence-corrected chi connectivity index (χ1v) is 7.22. The first kappa shape index (κ1) is 13.4. The number of unbranched alkanes of at least 4 members (excludes halogenated alkanes) is 1. The molecule has 0 aromatic heterocycles. The van der Waals surface area contributed by atoms with Gasteiger partial charge < -0.3 is 9.84 Å². The predicted molar refractivity (Wildman–Crippen MR) is 74.1 cm³/mol. The highest BCUT2D eigenvalue weighted by Gasteiger charge is 2.24. The van der Waals surface area contributed by atoms with Gasteiger partial charge in [0.15, 0.2) is 0 Å². The van der Waals surface area contributed by atoms with E-state index in [9.17, 15) is 5.11 Å². The summed E-state index contributed by atoms with van der Waals surface area (Å²) in [6.07, 6.45) is 6.49. The average Bonchev–Trinajstić information content (AvgIpc) is 2.40. The lowest BCUT2D eigenvalue weighted by atomic mass is 9.82. The van der Waals surface area contributed by atoms with Crippen LogP contribution in [-0.2, 0) is 0 Å². The van der Waals surface area contributed by atoms with Gasteiger partial charge in [0.2, 0.25) is 0 Å². The van der Waals surface area contributed by atoms with Gasteiger partial charge in [-0.2, -0.15) is 0 Å². The van der Waals surface area contributed by atoms with Gasteiger partial charge in [-0.15, -0.1) is 0 Å². The Hall–Kier alpha value is -1.02. The van der Waals surface area contributed by atoms with Gasteiger partial charge in [-0.25, -0.2) is 0 Å². The molecule has 0 heterocycles. The lowest BCUT2D eigenvalue weighted by Gasteiger charge is -2.28. The van der Waals surface area contributed by atoms with E-state index in [0.29, 0.717) is 5.92 Å². The van der Waals surface area contributed by atoms with Gasteiger partial charge in [0, 0.05) is 5.92 Å². The molecule has 1 aliphatic carbocycles. The van der Waals surface area contributed by atoms with Crippen LogP contribution in [0, 0.1) is 0 Å². The zero-order chi connectivity index (χ0) is 12.8. The van der Waals surface area contributed by atoms with Crippen LogP contribution >= 0.6 is 0 Å². The van der Waals surface area contributed by atoms with Crippen LogP contribution in [0.2, 0.25) is 0 Å². The zero-order valence-electron chi connectivity index (χ0n) is 11.3. The summed E-state index contributed by atoms with van der Waals surface area (Å²) in [4.78, 5) is 0. The number of aliphatic hydroxyl groups excluding tert-OH is 1. The Balaban J connectivity index is 2.01. The van der Waals surface area contributed by atoms with Crippen molar-refractivity contribution in [1.29, 1.82) is 0 Å². The van der Waals surface area contributed by atoms with E-state index in [1.165, 1.54) is 12.0 Å². The summed E-state index contributed by atoms with van der Waals surface area (Å²) in [6, 6.07) is 8.27. The van der Waals surface area contributed by atoms with Gasteiger partial charge in [0.05, 0.1) is 12.7 Å². The second kappa shape index (κ2) is 6.79. The molecular formula is C16H24O2. The van der Waals surface area contributed by atoms with E-state index in [0.717, 1.165) is 44.5 Å². The second-order valence-corrected chi connectivity index (χ2v) is 5.23. The maximum absolute atomic E-state index is 10.1. The lowest BCUT2D eigenvalue weighted by molar-refractivity contribution is 0.106. The molecule has 2 rings (SSSR count). The van der Waals surface area contributed by atoms with Crippen molar-refractivity contribution in [2.24, 2.45) is 0 Å². The lowest BCUT2D eigenvalue weighted by Crippen LogP contribution is -2.22. The molecule has 0 spiro atoms. The molecule has 1 aromatic rings. The first-order chi connectivity index (χ1) is 8.81. The average molecular weight is 248 g/mol. The highest BCUT2D eigenvalue weighted by Crippen LogP contribution is 2.34. The summed E-state index contributed by atoms with van der Waals surface area (Å²) in [7, 11) is 0. The molecule has 1 aromatic carbocycles. The third-order valence-corrected chi connectivity index (χ3v) is 3.78. The van der Waals surface area contributed by atoms with E-state index >= 15 is 0 Å². The van der Waals surface area contributed by atoms with Gasteiger partial charge in [-0.3, -0.25) is 0 Å². The summed E-state index contributed by atoms with van der Waals surface area (Å²) in [6.45, 7) is 2.95. The van der Waals surface area contributed by atoms with Crippen LogP contribution in [0.3, 0.4) is 0 Å². The molecule has 1 fully saturated rings. The van der Waals surface area contributed by atoms with E-state index in [1.54, 1.807) is 0 Å². The summed E-state index contributed by atoms with van der Waals surface area (Å²) in [5.74, 6) is 1.24. The van der Waals surface area contributed by atoms with E-state index in [2.05, 4.69) is 19.1 Å². The van der Waals surface area contributed by atoms with Crippen LogP contribution in [0.25, 0.3) is 0 Å². The highest BCUT2D eigenvalue weighted by molar-refractivity contribution is 5.31. The van der Waals surface area contributed by atoms with Gasteiger partial charge in [-0.05, 0) is 37.0 Å². The SMILES string of the molecule is CCCCOc1cccc([C@@H]2CCCC[C@H]2O)c1. The molecule has 100 valence electrons. The summed E-state index contributed by atoms with van der Waals surface area (Å²) < 4.78 is 5.73. The Morgan fingerprint density at radius 1 is 1.28 bits per heavy atom. The van der Waals surface area contributed by atoms with Crippen LogP contribution in [0.5, 0.6) is 5.75 Å². The largest absolute Gasteiger partial charge is 0.494 e. The van der Waals surface area contributed by atoms with Crippen LogP contribution < -0.4 is 4.74 Å². The van der Waals surface area contributed by atoms with Gasteiger partial charge in [-0.1, -0.05) is 38.3 Å². The molecular weight excluding hydrogens is 224 g/mol. The quantitative estimate of drug-likeness (QED) is 0.801. The molecule has 1 saturated carbocycles. The minimum absolute atomic E-state index is 0.176. The van der Waals surface area contributed by atoms with Crippen LogP contribution in [0.4, 0.5) is 0 Å². The summed E-state index contributed by atoms with van der Waals surface area (Å²) in [5, 5.41) is 10.1. The van der Waals surface area contributed by atoms with Crippen LogP contribution in [0.1, 0.15) is 56.9 Å². The molecule has 1 N–H and O–H groups in total. The molecule has 1 aliphatic rings. The van der Waals surface area contributed by atoms with Crippen molar-refractivity contribution < 1.29 is 9.84 Å². The number of hydrogen-bond donors (Lipinski definition) is 1. The molecule has 2 nitrogen and oxygen atoms in total. The minimum Gasteiger partial charge on any atom is -0.494 e. The Morgan fingerprint density at radius 2 is 2.11 bits per heavy atom. The van der Waals surface area contributed by atoms with Crippen LogP contribution in [0.15, 0.2) is 24.3 Å². The van der Waals surface area contributed by atoms with Crippen molar-refractivity contribution >= 4 is 0 Å². The Kier molecular flexibility index (Phi) is 5.06. The number of aliphatic hydroxyl groups is 1. The van der Waals surface area contributed by atoms with Crippen molar-refractivity contribution in [3.63, 3.8) is 0 Å². The Bertz CT molecular complexity index is 362. The number of benzene rings is 1. The molecule has 0 radical (unpaired) electrons. The molecule has 0 amide bonds. The molecule has 0 aliphatic heterocycles. The second-order valence-electron chi connectivity index (χ2n) is 5.23. The first-order valence-electron chi connectivity index (χ1n) is 7.22. The molecule has 2 atom stereocenters. The Labute approximate surface area is 110 Å². The zero-order valence-corrected chi connectivity index (χ0v) is 11.3. The molecule has 0 saturated heterocycles. The third kappa shape index (κ3) is 3.49. The number of ether oxygens (including phenoxy) is 1. The van der Waals surface area contributed by atoms with Gasteiger partial charge >= 0.3 is 0 Å². The highest BCUT2D eigenvalue weighted by atomic mass is 16.5. The molecule has 2 heteroatoms. The fourth-order valence-corrected chi connectivity index (χ4v) is 2.67. The van der Waals surface area contributed by atoms with Gasteiger partial charge in [0.25, 0.3) is 0 Å². The van der Waals surface area contributed by atoms with E-state index in [4.69, 9.17) is 4.74 Å². The molecule has 18 heavy (non-hydrogen) atoms. The van der Waals surface area contributed by atoms with Crippen molar-refractivity contribution in [3.8, 4) is 5.75 Å². The number of hydrogen-bond acceptors (Lipinski definition) is 2. The van der Waals surface area contributed by atoms with Crippen LogP contribution in [-0.4, -0.2) is 17.8 Å². The van der Waals surface area contributed by atoms with Crippen molar-refractivity contribution in [2.75, 3.05) is 6.61 Å². The fraction of sp³-hybridized carbons (Fsp3) is 0.625. The molecule has 0 bridgehead atoms. The third-order valence-electron chi connectivity index (χ3n) is 3.78. The molecule has 0 unspecified atom stereocenters. The van der Waals surface area contributed by atoms with Crippen molar-refractivity contribution in [2.45, 2.75) is 57.5 Å². The van der Waals surface area contributed by atoms with Gasteiger partial charge in [0.1, 0.15) is 5.75 Å². The monoisotopic (exact) mass is 248 g/mol. The Morgan fingerprint density at radius 3 is 2.89 bits per heavy atom. The van der Waals surface area contributed by atoms with Crippen molar-refractivity contribution in [1.82, 2.24) is 0 Å². The predicted octanol–water partition coefficient (Wildman–Crippen LogP) is 3.88. The van der Waals surface area contributed by atoms with E-state index in [-0.39, 0.29) is 6.10 Å².